The first-order valence-corrected chi connectivity index (χ1v) is 7.30. The molecule has 1 aliphatic carbocycles. The number of hydrogen-bond acceptors (Lipinski definition) is 4. The summed E-state index contributed by atoms with van der Waals surface area (Å²) in [5.74, 6) is 1.28. The van der Waals surface area contributed by atoms with Gasteiger partial charge in [0.05, 0.1) is 24.8 Å². The molecule has 1 aromatic carbocycles. The van der Waals surface area contributed by atoms with Crippen LogP contribution in [-0.2, 0) is 4.79 Å². The monoisotopic (exact) mass is 328 g/mol. The van der Waals surface area contributed by atoms with E-state index < -0.39 is 5.54 Å². The highest BCUT2D eigenvalue weighted by atomic mass is 35.5. The Hall–Kier alpha value is -1.46. The molecule has 0 radical (unpaired) electrons. The lowest BCUT2D eigenvalue weighted by molar-refractivity contribution is -0.123. The zero-order chi connectivity index (χ0) is 15.6. The number of nitrogens with two attached hydrogens (primary N) is 1. The number of methoxy groups -OCH3 is 1. The van der Waals surface area contributed by atoms with E-state index in [4.69, 9.17) is 15.2 Å². The second-order valence-electron chi connectivity index (χ2n) is 5.93. The Bertz CT molecular complexity index is 530. The van der Waals surface area contributed by atoms with Gasteiger partial charge >= 0.3 is 0 Å². The van der Waals surface area contributed by atoms with Gasteiger partial charge in [-0.3, -0.25) is 4.79 Å². The molecule has 1 aromatic rings. The number of carbonyl (C=O) groups excluding carboxylic acids is 1. The number of halogens is 1. The Morgan fingerprint density at radius 2 is 1.91 bits per heavy atom. The van der Waals surface area contributed by atoms with Gasteiger partial charge in [0.1, 0.15) is 0 Å². The van der Waals surface area contributed by atoms with E-state index in [9.17, 15) is 4.79 Å². The van der Waals surface area contributed by atoms with Crippen LogP contribution >= 0.6 is 12.4 Å². The summed E-state index contributed by atoms with van der Waals surface area (Å²) in [6.45, 7) is 5.86. The van der Waals surface area contributed by atoms with Crippen molar-refractivity contribution < 1.29 is 14.3 Å². The molecule has 0 heterocycles. The van der Waals surface area contributed by atoms with Gasteiger partial charge in [0.25, 0.3) is 0 Å². The van der Waals surface area contributed by atoms with Crippen LogP contribution in [0.3, 0.4) is 0 Å². The lowest BCUT2D eigenvalue weighted by atomic mass is 10.1. The molecule has 0 aliphatic heterocycles. The van der Waals surface area contributed by atoms with Gasteiger partial charge in [-0.2, -0.15) is 0 Å². The van der Waals surface area contributed by atoms with Crippen molar-refractivity contribution in [1.82, 2.24) is 5.32 Å². The molecule has 1 fully saturated rings. The Balaban J connectivity index is 0.00000242. The van der Waals surface area contributed by atoms with Gasteiger partial charge in [-0.15, -0.1) is 12.4 Å². The van der Waals surface area contributed by atoms with Crippen molar-refractivity contribution in [1.29, 1.82) is 0 Å². The Labute approximate surface area is 138 Å². The summed E-state index contributed by atoms with van der Waals surface area (Å²) in [5, 5.41) is 2.95. The van der Waals surface area contributed by atoms with Crippen LogP contribution in [0, 0.1) is 0 Å². The van der Waals surface area contributed by atoms with Gasteiger partial charge in [-0.1, -0.05) is 6.07 Å². The van der Waals surface area contributed by atoms with Crippen LogP contribution in [0.5, 0.6) is 11.5 Å². The van der Waals surface area contributed by atoms with E-state index in [0.29, 0.717) is 11.5 Å². The molecule has 1 unspecified atom stereocenters. The first kappa shape index (κ1) is 18.6. The fraction of sp³-hybridized carbons (Fsp3) is 0.562. The van der Waals surface area contributed by atoms with E-state index in [1.807, 2.05) is 39.0 Å². The van der Waals surface area contributed by atoms with E-state index in [1.54, 1.807) is 7.11 Å². The highest BCUT2D eigenvalue weighted by Gasteiger charge is 2.46. The van der Waals surface area contributed by atoms with Crippen LogP contribution in [0.1, 0.15) is 45.2 Å². The minimum absolute atomic E-state index is 0. The van der Waals surface area contributed by atoms with Crippen LogP contribution in [0.2, 0.25) is 0 Å². The van der Waals surface area contributed by atoms with Crippen molar-refractivity contribution in [3.8, 4) is 11.5 Å². The SMILES string of the molecule is COc1cc(C(C)NC(=O)C2(N)CC2)ccc1OC(C)C.Cl. The fourth-order valence-corrected chi connectivity index (χ4v) is 2.09. The predicted octanol–water partition coefficient (Wildman–Crippen LogP) is 2.57. The molecule has 3 N–H and O–H groups in total. The van der Waals surface area contributed by atoms with Crippen LogP contribution in [0.4, 0.5) is 0 Å². The van der Waals surface area contributed by atoms with Crippen molar-refractivity contribution in [2.24, 2.45) is 5.73 Å². The van der Waals surface area contributed by atoms with Crippen molar-refractivity contribution in [3.63, 3.8) is 0 Å². The zero-order valence-corrected chi connectivity index (χ0v) is 14.3. The highest BCUT2D eigenvalue weighted by Crippen LogP contribution is 2.34. The van der Waals surface area contributed by atoms with E-state index in [0.717, 1.165) is 18.4 Å². The number of benzene rings is 1. The molecule has 6 heteroatoms. The quantitative estimate of drug-likeness (QED) is 0.841. The standard InChI is InChI=1S/C16H24N2O3.ClH/c1-10(2)21-13-6-5-12(9-14(13)20-4)11(3)18-15(19)16(17)7-8-16;/h5-6,9-11H,7-8,17H2,1-4H3,(H,18,19);1H. The van der Waals surface area contributed by atoms with E-state index in [2.05, 4.69) is 5.32 Å². The first-order valence-electron chi connectivity index (χ1n) is 7.30. The van der Waals surface area contributed by atoms with Crippen molar-refractivity contribution >= 4 is 18.3 Å². The average molecular weight is 329 g/mol. The normalized spacial score (nSPS) is 16.5. The summed E-state index contributed by atoms with van der Waals surface area (Å²) >= 11 is 0. The maximum atomic E-state index is 12.0. The number of amides is 1. The Morgan fingerprint density at radius 3 is 2.41 bits per heavy atom. The molecule has 0 aromatic heterocycles. The molecule has 0 spiro atoms. The molecular formula is C16H25ClN2O3. The van der Waals surface area contributed by atoms with Crippen LogP contribution in [0.25, 0.3) is 0 Å². The maximum absolute atomic E-state index is 12.0. The summed E-state index contributed by atoms with van der Waals surface area (Å²) in [6.07, 6.45) is 1.60. The van der Waals surface area contributed by atoms with Crippen LogP contribution in [0.15, 0.2) is 18.2 Å². The third-order valence-electron chi connectivity index (χ3n) is 3.64. The number of carbonyl (C=O) groups is 1. The second kappa shape index (κ2) is 7.20. The van der Waals surface area contributed by atoms with Gasteiger partial charge in [-0.25, -0.2) is 0 Å². The number of ether oxygens (including phenoxy) is 2. The van der Waals surface area contributed by atoms with Crippen LogP contribution in [-0.4, -0.2) is 24.7 Å². The largest absolute Gasteiger partial charge is 0.493 e. The Morgan fingerprint density at radius 1 is 1.27 bits per heavy atom. The molecule has 5 nitrogen and oxygen atoms in total. The van der Waals surface area contributed by atoms with E-state index >= 15 is 0 Å². The third-order valence-corrected chi connectivity index (χ3v) is 3.64. The van der Waals surface area contributed by atoms with Gasteiger partial charge in [0.15, 0.2) is 11.5 Å². The molecular weight excluding hydrogens is 304 g/mol. The summed E-state index contributed by atoms with van der Waals surface area (Å²) in [5.41, 5.74) is 6.20. The summed E-state index contributed by atoms with van der Waals surface area (Å²) in [7, 11) is 1.61. The summed E-state index contributed by atoms with van der Waals surface area (Å²) < 4.78 is 11.0. The minimum Gasteiger partial charge on any atom is -0.493 e. The molecule has 22 heavy (non-hydrogen) atoms. The smallest absolute Gasteiger partial charge is 0.240 e. The predicted molar refractivity (Wildman–Crippen MR) is 88.7 cm³/mol. The molecule has 1 saturated carbocycles. The van der Waals surface area contributed by atoms with Crippen molar-refractivity contribution in [3.05, 3.63) is 23.8 Å². The average Bonchev–Trinajstić information content (AvgIpc) is 3.17. The number of hydrogen-bond donors (Lipinski definition) is 2. The fourth-order valence-electron chi connectivity index (χ4n) is 2.09. The third kappa shape index (κ3) is 4.27. The van der Waals surface area contributed by atoms with Gasteiger partial charge in [0.2, 0.25) is 5.91 Å². The highest BCUT2D eigenvalue weighted by molar-refractivity contribution is 5.89. The lowest BCUT2D eigenvalue weighted by Gasteiger charge is -2.19. The molecule has 1 atom stereocenters. The van der Waals surface area contributed by atoms with Crippen LogP contribution < -0.4 is 20.5 Å². The van der Waals surface area contributed by atoms with Gasteiger partial charge in [0, 0.05) is 0 Å². The zero-order valence-electron chi connectivity index (χ0n) is 13.5. The summed E-state index contributed by atoms with van der Waals surface area (Å²) in [4.78, 5) is 12.0. The van der Waals surface area contributed by atoms with Crippen molar-refractivity contribution in [2.75, 3.05) is 7.11 Å². The van der Waals surface area contributed by atoms with Crippen molar-refractivity contribution in [2.45, 2.75) is 51.3 Å². The molecule has 124 valence electrons. The van der Waals surface area contributed by atoms with E-state index in [-0.39, 0.29) is 30.5 Å². The minimum atomic E-state index is -0.654. The molecule has 0 saturated heterocycles. The molecule has 0 bridgehead atoms. The van der Waals surface area contributed by atoms with Gasteiger partial charge in [-0.05, 0) is 51.3 Å². The van der Waals surface area contributed by atoms with E-state index in [1.165, 1.54) is 0 Å². The second-order valence-corrected chi connectivity index (χ2v) is 5.93. The maximum Gasteiger partial charge on any atom is 0.240 e. The topological polar surface area (TPSA) is 73.6 Å². The summed E-state index contributed by atoms with van der Waals surface area (Å²) in [6, 6.07) is 5.56. The molecule has 1 amide bonds. The number of nitrogens with one attached hydrogen (secondary N) is 1. The molecule has 1 aliphatic rings. The lowest BCUT2D eigenvalue weighted by Crippen LogP contribution is -2.43. The van der Waals surface area contributed by atoms with Gasteiger partial charge < -0.3 is 20.5 Å². The Kier molecular flexibility index (Phi) is 6.08. The molecule has 2 rings (SSSR count). The first-order chi connectivity index (χ1) is 9.85. The number of rotatable bonds is 6.